The van der Waals surface area contributed by atoms with Gasteiger partial charge in [-0.25, -0.2) is 4.39 Å². The minimum Gasteiger partial charge on any atom is -0.207 e. The highest BCUT2D eigenvalue weighted by Gasteiger charge is 2.12. The molecular weight excluding hydrogens is 379 g/mol. The van der Waals surface area contributed by atoms with Crippen molar-refractivity contribution in [2.75, 3.05) is 0 Å². The third-order valence-corrected chi connectivity index (χ3v) is 5.67. The van der Waals surface area contributed by atoms with E-state index in [-0.39, 0.29) is 5.83 Å². The molecular formula is C30H37F. The molecule has 0 heterocycles. The van der Waals surface area contributed by atoms with E-state index >= 15 is 0 Å². The maximum atomic E-state index is 13.9. The highest BCUT2D eigenvalue weighted by atomic mass is 19.1. The molecule has 0 atom stereocenters. The minimum atomic E-state index is -0.292. The highest BCUT2D eigenvalue weighted by Crippen LogP contribution is 2.32. The van der Waals surface area contributed by atoms with Crippen LogP contribution in [0.2, 0.25) is 0 Å². The van der Waals surface area contributed by atoms with Gasteiger partial charge >= 0.3 is 0 Å². The van der Waals surface area contributed by atoms with Gasteiger partial charge in [0, 0.05) is 0 Å². The molecule has 0 aliphatic heterocycles. The highest BCUT2D eigenvalue weighted by molar-refractivity contribution is 5.79. The molecule has 0 aliphatic rings. The molecule has 0 saturated carbocycles. The van der Waals surface area contributed by atoms with Gasteiger partial charge in [0.15, 0.2) is 0 Å². The topological polar surface area (TPSA) is 0 Å². The first-order valence-corrected chi connectivity index (χ1v) is 10.7. The van der Waals surface area contributed by atoms with E-state index in [1.807, 2.05) is 19.1 Å². The van der Waals surface area contributed by atoms with Crippen molar-refractivity contribution in [3.8, 4) is 0 Å². The quantitative estimate of drug-likeness (QED) is 0.351. The number of benzene rings is 1. The maximum absolute atomic E-state index is 13.9. The Morgan fingerprint density at radius 3 is 2.19 bits per heavy atom. The van der Waals surface area contributed by atoms with Gasteiger partial charge in [-0.1, -0.05) is 69.2 Å². The zero-order valence-corrected chi connectivity index (χ0v) is 20.3. The predicted molar refractivity (Wildman–Crippen MR) is 139 cm³/mol. The molecule has 1 heteroatoms. The first kappa shape index (κ1) is 26.1. The van der Waals surface area contributed by atoms with Gasteiger partial charge in [0.2, 0.25) is 0 Å². The minimum absolute atomic E-state index is 0.292. The van der Waals surface area contributed by atoms with Gasteiger partial charge in [-0.2, -0.15) is 0 Å². The lowest BCUT2D eigenvalue weighted by molar-refractivity contribution is 0.659. The van der Waals surface area contributed by atoms with E-state index in [1.54, 1.807) is 13.0 Å². The maximum Gasteiger partial charge on any atom is 0.125 e. The Balaban J connectivity index is 3.65. The second-order valence-corrected chi connectivity index (χ2v) is 7.95. The third kappa shape index (κ3) is 6.79. The molecule has 0 radical (unpaired) electrons. The fourth-order valence-electron chi connectivity index (χ4n) is 3.68. The van der Waals surface area contributed by atoms with Gasteiger partial charge in [0.1, 0.15) is 5.83 Å². The molecule has 0 spiro atoms. The molecule has 1 aromatic rings. The number of halogens is 1. The number of rotatable bonds is 9. The van der Waals surface area contributed by atoms with Gasteiger partial charge in [0.25, 0.3) is 0 Å². The molecule has 1 rings (SSSR count). The molecule has 0 amide bonds. The Morgan fingerprint density at radius 2 is 1.65 bits per heavy atom. The van der Waals surface area contributed by atoms with Crippen molar-refractivity contribution in [3.05, 3.63) is 119 Å². The summed E-state index contributed by atoms with van der Waals surface area (Å²) in [6.07, 6.45) is 12.0. The lowest BCUT2D eigenvalue weighted by atomic mass is 9.87. The van der Waals surface area contributed by atoms with Crippen LogP contribution >= 0.6 is 0 Å². The van der Waals surface area contributed by atoms with E-state index in [0.717, 1.165) is 28.7 Å². The fraction of sp³-hybridized carbons (Fsp3) is 0.267. The van der Waals surface area contributed by atoms with E-state index in [0.29, 0.717) is 5.57 Å². The van der Waals surface area contributed by atoms with Crippen molar-refractivity contribution in [2.24, 2.45) is 0 Å². The Kier molecular flexibility index (Phi) is 10.1. The zero-order valence-electron chi connectivity index (χ0n) is 20.3. The molecule has 0 saturated heterocycles. The Hall–Kier alpha value is -2.93. The monoisotopic (exact) mass is 416 g/mol. The summed E-state index contributed by atoms with van der Waals surface area (Å²) in [7, 11) is 0. The normalized spacial score (nSPS) is 14.3. The summed E-state index contributed by atoms with van der Waals surface area (Å²) < 4.78 is 13.9. The SMILES string of the molecule is C=C\C=C/C(=C/C(C)=C(\C)c1ccc(C)c(/C(C)=C/C(C)=C(/F)C=C)c1C)C(=C)CC. The van der Waals surface area contributed by atoms with Crippen LogP contribution in [0.5, 0.6) is 0 Å². The standard InChI is InChI=1S/C30H37F/c1-11-14-15-27(20(4)12-2)19-22(6)25(9)28-17-16-21(5)30(26(28)10)24(8)18-23(7)29(31)13-3/h11,13-19H,1,3-4,12H2,2,5-10H3/b15-14-,24-18+,25-22+,27-19-,29-23+. The first-order chi connectivity index (χ1) is 14.6. The smallest absolute Gasteiger partial charge is 0.125 e. The van der Waals surface area contributed by atoms with E-state index in [9.17, 15) is 4.39 Å². The molecule has 0 nitrogen and oxygen atoms in total. The van der Waals surface area contributed by atoms with Crippen molar-refractivity contribution in [1.82, 2.24) is 0 Å². The second kappa shape index (κ2) is 12.1. The van der Waals surface area contributed by atoms with Crippen molar-refractivity contribution in [2.45, 2.75) is 54.9 Å². The average Bonchev–Trinajstić information content (AvgIpc) is 2.74. The Labute approximate surface area is 189 Å². The van der Waals surface area contributed by atoms with Crippen LogP contribution in [-0.4, -0.2) is 0 Å². The van der Waals surface area contributed by atoms with Crippen LogP contribution in [0.1, 0.15) is 63.3 Å². The number of allylic oxidation sites excluding steroid dienone is 13. The summed E-state index contributed by atoms with van der Waals surface area (Å²) in [4.78, 5) is 0. The fourth-order valence-corrected chi connectivity index (χ4v) is 3.68. The lowest BCUT2D eigenvalue weighted by Crippen LogP contribution is -1.98. The summed E-state index contributed by atoms with van der Waals surface area (Å²) in [5.41, 5.74) is 11.0. The van der Waals surface area contributed by atoms with Crippen LogP contribution < -0.4 is 0 Å². The van der Waals surface area contributed by atoms with Crippen LogP contribution in [0, 0.1) is 13.8 Å². The summed E-state index contributed by atoms with van der Waals surface area (Å²) in [5.74, 6) is -0.292. The number of hydrogen-bond donors (Lipinski definition) is 0. The predicted octanol–water partition coefficient (Wildman–Crippen LogP) is 9.56. The molecule has 0 bridgehead atoms. The van der Waals surface area contributed by atoms with Crippen molar-refractivity contribution < 1.29 is 4.39 Å². The molecule has 164 valence electrons. The second-order valence-electron chi connectivity index (χ2n) is 7.95. The van der Waals surface area contributed by atoms with Crippen LogP contribution in [0.3, 0.4) is 0 Å². The molecule has 0 aliphatic carbocycles. The van der Waals surface area contributed by atoms with Gasteiger partial charge in [0.05, 0.1) is 0 Å². The van der Waals surface area contributed by atoms with Crippen LogP contribution in [0.4, 0.5) is 4.39 Å². The Bertz CT molecular complexity index is 1020. The zero-order chi connectivity index (χ0) is 23.7. The summed E-state index contributed by atoms with van der Waals surface area (Å²) >= 11 is 0. The van der Waals surface area contributed by atoms with Crippen LogP contribution in [0.25, 0.3) is 11.1 Å². The van der Waals surface area contributed by atoms with E-state index in [1.165, 1.54) is 33.9 Å². The van der Waals surface area contributed by atoms with Gasteiger partial charge < -0.3 is 0 Å². The molecule has 0 fully saturated rings. The van der Waals surface area contributed by atoms with Crippen LogP contribution in [0.15, 0.2) is 96.4 Å². The van der Waals surface area contributed by atoms with E-state index < -0.39 is 0 Å². The molecule has 1 aromatic carbocycles. The molecule has 0 N–H and O–H groups in total. The lowest BCUT2D eigenvalue weighted by Gasteiger charge is -2.17. The largest absolute Gasteiger partial charge is 0.207 e. The third-order valence-electron chi connectivity index (χ3n) is 5.67. The van der Waals surface area contributed by atoms with E-state index in [2.05, 4.69) is 78.6 Å². The van der Waals surface area contributed by atoms with Crippen LogP contribution in [-0.2, 0) is 0 Å². The number of hydrogen-bond acceptors (Lipinski definition) is 0. The van der Waals surface area contributed by atoms with Crippen molar-refractivity contribution in [1.29, 1.82) is 0 Å². The van der Waals surface area contributed by atoms with Crippen molar-refractivity contribution in [3.63, 3.8) is 0 Å². The van der Waals surface area contributed by atoms with Gasteiger partial charge in [-0.15, -0.1) is 0 Å². The summed E-state index contributed by atoms with van der Waals surface area (Å²) in [6, 6.07) is 4.32. The molecule has 31 heavy (non-hydrogen) atoms. The summed E-state index contributed by atoms with van der Waals surface area (Å²) in [5, 5.41) is 0. The first-order valence-electron chi connectivity index (χ1n) is 10.7. The van der Waals surface area contributed by atoms with Gasteiger partial charge in [-0.05, 0) is 110 Å². The number of aryl methyl sites for hydroxylation is 1. The van der Waals surface area contributed by atoms with Gasteiger partial charge in [-0.3, -0.25) is 0 Å². The average molecular weight is 417 g/mol. The van der Waals surface area contributed by atoms with Crippen molar-refractivity contribution >= 4 is 11.1 Å². The summed E-state index contributed by atoms with van der Waals surface area (Å²) in [6.45, 7) is 25.9. The molecule has 0 unspecified atom stereocenters. The van der Waals surface area contributed by atoms with E-state index in [4.69, 9.17) is 0 Å². The Morgan fingerprint density at radius 1 is 1.00 bits per heavy atom. The molecule has 0 aromatic heterocycles.